The summed E-state index contributed by atoms with van der Waals surface area (Å²) in [6.45, 7) is 0. The van der Waals surface area contributed by atoms with Gasteiger partial charge in [-0.3, -0.25) is 39.5 Å². The van der Waals surface area contributed by atoms with Crippen molar-refractivity contribution in [3.05, 3.63) is 130 Å². The molecule has 0 unspecified atom stereocenters. The quantitative estimate of drug-likeness (QED) is 0.0758. The number of aromatic nitrogens is 2. The first-order valence-electron chi connectivity index (χ1n) is 15.0. The molecular weight excluding hydrogens is 749 g/mol. The molecule has 0 amide bonds. The summed E-state index contributed by atoms with van der Waals surface area (Å²) in [7, 11) is -9.56. The topological polar surface area (TPSA) is 292 Å². The van der Waals surface area contributed by atoms with Gasteiger partial charge in [-0.05, 0) is 71.8 Å². The molecule has 0 bridgehead atoms. The molecule has 2 aliphatic rings. The molecule has 2 aliphatic carbocycles. The van der Waals surface area contributed by atoms with Gasteiger partial charge in [0.05, 0.1) is 22.5 Å². The van der Waals surface area contributed by atoms with Crippen LogP contribution in [0.25, 0.3) is 22.0 Å². The summed E-state index contributed by atoms with van der Waals surface area (Å²) in [5, 5.41) is 27.6. The number of carbonyl (C=O) groups is 4. The number of nitrogens with zero attached hydrogens (tertiary/aromatic N) is 4. The lowest BCUT2D eigenvalue weighted by molar-refractivity contribution is 0.0685. The lowest BCUT2D eigenvalue weighted by atomic mass is 10.00. The van der Waals surface area contributed by atoms with E-state index < -0.39 is 65.0 Å². The minimum atomic E-state index is -4.78. The molecular formula is C34H22N6O12S2. The SMILES string of the molecule is O=C(O)c1cc(N/N=C2\C=C(S(=O)(=O)O)c3cccnc3C2=O)ccc1/C=C/c1ccc(N/N=C2\C=C(S(=O)(=O)O)c3cccnc3C2=O)cc1C(=O)O. The molecule has 272 valence electrons. The van der Waals surface area contributed by atoms with E-state index >= 15 is 0 Å². The van der Waals surface area contributed by atoms with Gasteiger partial charge in [-0.1, -0.05) is 24.3 Å². The third kappa shape index (κ3) is 7.47. The van der Waals surface area contributed by atoms with E-state index in [4.69, 9.17) is 0 Å². The Bertz CT molecular complexity index is 2530. The van der Waals surface area contributed by atoms with Gasteiger partial charge in [-0.15, -0.1) is 0 Å². The maximum atomic E-state index is 12.9. The molecule has 0 radical (unpaired) electrons. The number of hydrogen-bond acceptors (Lipinski definition) is 14. The molecule has 2 aromatic heterocycles. The number of carbonyl (C=O) groups excluding carboxylic acids is 2. The van der Waals surface area contributed by atoms with Crippen LogP contribution in [0.3, 0.4) is 0 Å². The smallest absolute Gasteiger partial charge is 0.336 e. The molecule has 54 heavy (non-hydrogen) atoms. The number of carboxylic acids is 2. The molecule has 0 atom stereocenters. The Morgan fingerprint density at radius 3 is 1.37 bits per heavy atom. The van der Waals surface area contributed by atoms with Gasteiger partial charge in [0.15, 0.2) is 0 Å². The average molecular weight is 771 g/mol. The number of Topliss-reactive ketones (excluding diaryl/α,β-unsaturated/α-hetero) is 2. The molecule has 0 saturated heterocycles. The first-order chi connectivity index (χ1) is 25.5. The molecule has 0 fully saturated rings. The summed E-state index contributed by atoms with van der Waals surface area (Å²) in [5.41, 5.74) is 3.16. The Hall–Kier alpha value is -7.00. The third-order valence-corrected chi connectivity index (χ3v) is 9.54. The fraction of sp³-hybridized carbons (Fsp3) is 0. The van der Waals surface area contributed by atoms with Crippen molar-refractivity contribution in [2.75, 3.05) is 10.9 Å². The predicted molar refractivity (Wildman–Crippen MR) is 194 cm³/mol. The Labute approximate surface area is 304 Å². The zero-order chi connectivity index (χ0) is 38.9. The van der Waals surface area contributed by atoms with E-state index in [2.05, 4.69) is 31.0 Å². The van der Waals surface area contributed by atoms with Crippen molar-refractivity contribution in [3.63, 3.8) is 0 Å². The van der Waals surface area contributed by atoms with Crippen LogP contribution in [-0.2, 0) is 20.2 Å². The number of hydrogen-bond donors (Lipinski definition) is 6. The van der Waals surface area contributed by atoms with Crippen LogP contribution in [0.4, 0.5) is 11.4 Å². The van der Waals surface area contributed by atoms with E-state index in [9.17, 15) is 55.3 Å². The summed E-state index contributed by atoms with van der Waals surface area (Å²) >= 11 is 0. The second kappa shape index (κ2) is 14.2. The monoisotopic (exact) mass is 770 g/mol. The van der Waals surface area contributed by atoms with Crippen LogP contribution in [0.1, 0.15) is 63.9 Å². The van der Waals surface area contributed by atoms with Crippen LogP contribution in [0.2, 0.25) is 0 Å². The fourth-order valence-electron chi connectivity index (χ4n) is 5.28. The van der Waals surface area contributed by atoms with Crippen LogP contribution in [0.15, 0.2) is 95.4 Å². The molecule has 0 spiro atoms. The Balaban J connectivity index is 1.25. The molecule has 20 heteroatoms. The van der Waals surface area contributed by atoms with Crippen molar-refractivity contribution in [2.45, 2.75) is 0 Å². The summed E-state index contributed by atoms with van der Waals surface area (Å²) in [5.74, 6) is -4.30. The fourth-order valence-corrected chi connectivity index (χ4v) is 6.69. The Morgan fingerprint density at radius 2 is 1.02 bits per heavy atom. The lowest BCUT2D eigenvalue weighted by Crippen LogP contribution is -2.24. The molecule has 0 aliphatic heterocycles. The van der Waals surface area contributed by atoms with E-state index in [-0.39, 0.29) is 56.1 Å². The first-order valence-corrected chi connectivity index (χ1v) is 17.9. The Morgan fingerprint density at radius 1 is 0.630 bits per heavy atom. The number of carboxylic acid groups (broad SMARTS) is 2. The standard InChI is InChI=1S/C34H22N6O12S2/c41-31-25(15-27(53(47,48)49)21-3-1-11-35-29(21)31)39-37-19-9-7-17(23(13-19)33(43)44)5-6-18-8-10-20(14-24(18)34(45)46)38-40-26-16-28(54(50,51)52)22-4-2-12-36-30(22)32(26)42/h1-16,37-38H,(H,43,44)(H,45,46)(H,47,48,49)(H,50,51,52)/b6-5+,39-25+,40-26+. The second-order valence-electron chi connectivity index (χ2n) is 11.2. The highest BCUT2D eigenvalue weighted by molar-refractivity contribution is 7.95. The summed E-state index contributed by atoms with van der Waals surface area (Å²) in [6.07, 6.45) is 6.86. The zero-order valence-electron chi connectivity index (χ0n) is 26.9. The lowest BCUT2D eigenvalue weighted by Gasteiger charge is -2.15. The first kappa shape index (κ1) is 36.8. The zero-order valence-corrected chi connectivity index (χ0v) is 28.5. The number of ketones is 2. The predicted octanol–water partition coefficient (Wildman–Crippen LogP) is 3.83. The summed E-state index contributed by atoms with van der Waals surface area (Å²) in [4.78, 5) is 56.7. The molecule has 0 saturated carbocycles. The minimum absolute atomic E-state index is 0.0658. The van der Waals surface area contributed by atoms with E-state index in [1.165, 1.54) is 73.1 Å². The highest BCUT2D eigenvalue weighted by atomic mass is 32.2. The number of anilines is 2. The largest absolute Gasteiger partial charge is 0.478 e. The van der Waals surface area contributed by atoms with Gasteiger partial charge in [0.1, 0.15) is 32.6 Å². The van der Waals surface area contributed by atoms with Gasteiger partial charge in [0.2, 0.25) is 11.6 Å². The van der Waals surface area contributed by atoms with Gasteiger partial charge in [0.25, 0.3) is 20.2 Å². The molecule has 2 aromatic carbocycles. The number of nitrogens with one attached hydrogen (secondary N) is 2. The van der Waals surface area contributed by atoms with Crippen LogP contribution in [0, 0.1) is 0 Å². The molecule has 2 heterocycles. The van der Waals surface area contributed by atoms with Gasteiger partial charge in [0, 0.05) is 23.5 Å². The molecule has 6 N–H and O–H groups in total. The maximum absolute atomic E-state index is 12.9. The van der Waals surface area contributed by atoms with E-state index in [1.54, 1.807) is 0 Å². The normalized spacial score (nSPS) is 15.7. The van der Waals surface area contributed by atoms with Crippen molar-refractivity contribution < 1.29 is 55.3 Å². The van der Waals surface area contributed by atoms with Crippen LogP contribution < -0.4 is 10.9 Å². The maximum Gasteiger partial charge on any atom is 0.336 e. The van der Waals surface area contributed by atoms with Crippen LogP contribution in [-0.4, -0.2) is 81.1 Å². The number of pyridine rings is 2. The average Bonchev–Trinajstić information content (AvgIpc) is 3.12. The van der Waals surface area contributed by atoms with E-state index in [0.29, 0.717) is 0 Å². The van der Waals surface area contributed by atoms with Gasteiger partial charge in [-0.25, -0.2) is 9.59 Å². The highest BCUT2D eigenvalue weighted by Crippen LogP contribution is 2.30. The van der Waals surface area contributed by atoms with Gasteiger partial charge < -0.3 is 10.2 Å². The highest BCUT2D eigenvalue weighted by Gasteiger charge is 2.32. The van der Waals surface area contributed by atoms with Crippen molar-refractivity contribution >= 4 is 88.5 Å². The van der Waals surface area contributed by atoms with Crippen molar-refractivity contribution in [1.82, 2.24) is 9.97 Å². The van der Waals surface area contributed by atoms with Crippen molar-refractivity contribution in [3.8, 4) is 0 Å². The summed E-state index contributed by atoms with van der Waals surface area (Å²) in [6, 6.07) is 13.1. The summed E-state index contributed by atoms with van der Waals surface area (Å²) < 4.78 is 67.2. The van der Waals surface area contributed by atoms with Crippen molar-refractivity contribution in [1.29, 1.82) is 0 Å². The van der Waals surface area contributed by atoms with Gasteiger partial charge in [-0.2, -0.15) is 27.0 Å². The Kier molecular flexibility index (Phi) is 9.67. The minimum Gasteiger partial charge on any atom is -0.478 e. The number of benzene rings is 2. The van der Waals surface area contributed by atoms with Crippen LogP contribution in [0.5, 0.6) is 0 Å². The number of hydrazone groups is 2. The number of rotatable bonds is 10. The second-order valence-corrected chi connectivity index (χ2v) is 14.0. The van der Waals surface area contributed by atoms with E-state index in [0.717, 1.165) is 24.3 Å². The van der Waals surface area contributed by atoms with E-state index in [1.807, 2.05) is 0 Å². The van der Waals surface area contributed by atoms with Crippen LogP contribution >= 0.6 is 0 Å². The van der Waals surface area contributed by atoms with Gasteiger partial charge >= 0.3 is 11.9 Å². The number of aromatic carboxylic acids is 2. The van der Waals surface area contributed by atoms with Crippen molar-refractivity contribution in [2.24, 2.45) is 10.2 Å². The molecule has 6 rings (SSSR count). The molecule has 4 aromatic rings. The number of allylic oxidation sites excluding steroid dienone is 2. The number of fused-ring (bicyclic) bond motifs is 2. The molecule has 18 nitrogen and oxygen atoms in total. The third-order valence-electron chi connectivity index (χ3n) is 7.75.